The van der Waals surface area contributed by atoms with Crippen molar-refractivity contribution in [2.75, 3.05) is 7.11 Å². The lowest BCUT2D eigenvalue weighted by Gasteiger charge is -2.13. The lowest BCUT2D eigenvalue weighted by molar-refractivity contribution is 0.185. The Labute approximate surface area is 181 Å². The van der Waals surface area contributed by atoms with Gasteiger partial charge in [-0.05, 0) is 58.7 Å². The van der Waals surface area contributed by atoms with Gasteiger partial charge in [0, 0.05) is 13.0 Å². The van der Waals surface area contributed by atoms with E-state index >= 15 is 0 Å². The molecular formula is C29H31O. The van der Waals surface area contributed by atoms with Gasteiger partial charge in [-0.2, -0.15) is 0 Å². The summed E-state index contributed by atoms with van der Waals surface area (Å²) in [4.78, 5) is 0. The van der Waals surface area contributed by atoms with Crippen LogP contribution in [-0.2, 0) is 17.8 Å². The molecule has 3 aromatic carbocycles. The van der Waals surface area contributed by atoms with E-state index in [0.29, 0.717) is 12.5 Å². The second-order valence-corrected chi connectivity index (χ2v) is 7.73. The van der Waals surface area contributed by atoms with Crippen molar-refractivity contribution in [1.29, 1.82) is 0 Å². The first-order valence-electron chi connectivity index (χ1n) is 10.7. The summed E-state index contributed by atoms with van der Waals surface area (Å²) in [7, 11) is 1.73. The standard InChI is InChI=1S/C29H31O/c1-4-5-6-8-24-11-13-25(14-12-24)15-16-26-17-19-28(20-18-26)23(2)29-10-7-9-27(21-29)22-30-3/h4,7,9,11-21,23H,1,5-6,8,22H2,2-3H3/b16-15+. The Balaban J connectivity index is 1.62. The van der Waals surface area contributed by atoms with E-state index in [1.54, 1.807) is 7.11 Å². The summed E-state index contributed by atoms with van der Waals surface area (Å²) >= 11 is 0. The molecule has 0 amide bonds. The van der Waals surface area contributed by atoms with E-state index in [4.69, 9.17) is 4.74 Å². The van der Waals surface area contributed by atoms with Crippen LogP contribution in [0.25, 0.3) is 12.2 Å². The van der Waals surface area contributed by atoms with Gasteiger partial charge in [0.05, 0.1) is 6.61 Å². The number of allylic oxidation sites excluding steroid dienone is 1. The fourth-order valence-electron chi connectivity index (χ4n) is 3.55. The molecule has 0 fully saturated rings. The van der Waals surface area contributed by atoms with Crippen LogP contribution in [0.15, 0.2) is 79.4 Å². The largest absolute Gasteiger partial charge is 0.380 e. The molecule has 0 heterocycles. The van der Waals surface area contributed by atoms with Crippen molar-refractivity contribution in [3.8, 4) is 0 Å². The van der Waals surface area contributed by atoms with Gasteiger partial charge in [-0.3, -0.25) is 0 Å². The molecule has 0 aliphatic heterocycles. The van der Waals surface area contributed by atoms with Gasteiger partial charge < -0.3 is 4.74 Å². The third-order valence-electron chi connectivity index (χ3n) is 5.42. The third kappa shape index (κ3) is 6.30. The quantitative estimate of drug-likeness (QED) is 0.197. The van der Waals surface area contributed by atoms with Gasteiger partial charge in [-0.25, -0.2) is 0 Å². The summed E-state index contributed by atoms with van der Waals surface area (Å²) in [6.45, 7) is 6.64. The van der Waals surface area contributed by atoms with Crippen LogP contribution < -0.4 is 0 Å². The average Bonchev–Trinajstić information content (AvgIpc) is 2.79. The number of methoxy groups -OCH3 is 1. The normalized spacial score (nSPS) is 12.2. The molecule has 0 aliphatic carbocycles. The number of unbranched alkanes of at least 4 members (excludes halogenated alkanes) is 1. The molecule has 1 heteroatoms. The van der Waals surface area contributed by atoms with Crippen LogP contribution in [-0.4, -0.2) is 7.11 Å². The van der Waals surface area contributed by atoms with Crippen molar-refractivity contribution < 1.29 is 4.74 Å². The molecule has 30 heavy (non-hydrogen) atoms. The second-order valence-electron chi connectivity index (χ2n) is 7.73. The number of hydrogen-bond acceptors (Lipinski definition) is 1. The van der Waals surface area contributed by atoms with Crippen molar-refractivity contribution in [3.05, 3.63) is 119 Å². The summed E-state index contributed by atoms with van der Waals surface area (Å²) < 4.78 is 5.25. The van der Waals surface area contributed by atoms with Crippen LogP contribution >= 0.6 is 0 Å². The molecule has 0 spiro atoms. The summed E-state index contributed by atoms with van der Waals surface area (Å²) in [6.07, 6.45) is 9.69. The highest BCUT2D eigenvalue weighted by molar-refractivity contribution is 5.69. The zero-order chi connectivity index (χ0) is 21.2. The van der Waals surface area contributed by atoms with E-state index in [1.807, 2.05) is 12.1 Å². The maximum Gasteiger partial charge on any atom is 0.0713 e. The van der Waals surface area contributed by atoms with Crippen molar-refractivity contribution in [3.63, 3.8) is 0 Å². The number of benzene rings is 3. The SMILES string of the molecule is C=CCCCc1ccc(/C=C/c2ccc(C(C)c3[c]ccc(COC)c3)cc2)cc1. The summed E-state index contributed by atoms with van der Waals surface area (Å²) in [6, 6.07) is 27.2. The Bertz CT molecular complexity index is 948. The van der Waals surface area contributed by atoms with Gasteiger partial charge in [0.1, 0.15) is 0 Å². The number of hydrogen-bond donors (Lipinski definition) is 0. The average molecular weight is 396 g/mol. The molecule has 0 aliphatic rings. The van der Waals surface area contributed by atoms with Gasteiger partial charge in [0.2, 0.25) is 0 Å². The maximum atomic E-state index is 5.25. The zero-order valence-electron chi connectivity index (χ0n) is 18.1. The number of ether oxygens (including phenoxy) is 1. The monoisotopic (exact) mass is 395 g/mol. The van der Waals surface area contributed by atoms with Crippen LogP contribution in [0, 0.1) is 6.07 Å². The van der Waals surface area contributed by atoms with Gasteiger partial charge in [0.25, 0.3) is 0 Å². The molecule has 1 nitrogen and oxygen atoms in total. The highest BCUT2D eigenvalue weighted by Gasteiger charge is 2.09. The molecule has 0 saturated heterocycles. The molecule has 0 aromatic heterocycles. The fourth-order valence-corrected chi connectivity index (χ4v) is 3.55. The first kappa shape index (κ1) is 21.8. The predicted molar refractivity (Wildman–Crippen MR) is 128 cm³/mol. The maximum absolute atomic E-state index is 5.25. The Morgan fingerprint density at radius 1 is 0.933 bits per heavy atom. The molecule has 0 N–H and O–H groups in total. The van der Waals surface area contributed by atoms with E-state index in [1.165, 1.54) is 33.4 Å². The van der Waals surface area contributed by atoms with Gasteiger partial charge in [-0.1, -0.05) is 91.9 Å². The summed E-state index contributed by atoms with van der Waals surface area (Å²) in [5.74, 6) is 0.300. The minimum Gasteiger partial charge on any atom is -0.380 e. The molecule has 0 saturated carbocycles. The summed E-state index contributed by atoms with van der Waals surface area (Å²) in [5.41, 5.74) is 7.49. The van der Waals surface area contributed by atoms with Gasteiger partial charge >= 0.3 is 0 Å². The Hall–Kier alpha value is -2.90. The molecule has 0 bridgehead atoms. The van der Waals surface area contributed by atoms with Gasteiger partial charge in [0.15, 0.2) is 0 Å². The van der Waals surface area contributed by atoms with Crippen LogP contribution in [0.5, 0.6) is 0 Å². The highest BCUT2D eigenvalue weighted by atomic mass is 16.5. The Morgan fingerprint density at radius 3 is 2.23 bits per heavy atom. The lowest BCUT2D eigenvalue weighted by Crippen LogP contribution is -1.98. The number of aryl methyl sites for hydroxylation is 1. The molecule has 3 aromatic rings. The van der Waals surface area contributed by atoms with Crippen molar-refractivity contribution in [2.24, 2.45) is 0 Å². The molecule has 1 atom stereocenters. The minimum atomic E-state index is 0.300. The van der Waals surface area contributed by atoms with Gasteiger partial charge in [-0.15, -0.1) is 6.58 Å². The first-order chi connectivity index (χ1) is 14.7. The zero-order valence-corrected chi connectivity index (χ0v) is 18.1. The molecular weight excluding hydrogens is 364 g/mol. The van der Waals surface area contributed by atoms with E-state index in [-0.39, 0.29) is 0 Å². The van der Waals surface area contributed by atoms with Crippen LogP contribution in [0.3, 0.4) is 0 Å². The molecule has 3 rings (SSSR count). The van der Waals surface area contributed by atoms with Crippen molar-refractivity contribution in [1.82, 2.24) is 0 Å². The molecule has 1 radical (unpaired) electrons. The minimum absolute atomic E-state index is 0.300. The smallest absolute Gasteiger partial charge is 0.0713 e. The topological polar surface area (TPSA) is 9.23 Å². The Kier molecular flexibility index (Phi) is 8.23. The van der Waals surface area contributed by atoms with E-state index in [0.717, 1.165) is 19.3 Å². The van der Waals surface area contributed by atoms with Crippen molar-refractivity contribution in [2.45, 2.75) is 38.7 Å². The fraction of sp³-hybridized carbons (Fsp3) is 0.241. The highest BCUT2D eigenvalue weighted by Crippen LogP contribution is 2.25. The van der Waals surface area contributed by atoms with Crippen LogP contribution in [0.1, 0.15) is 59.1 Å². The second kappa shape index (κ2) is 11.3. The lowest BCUT2D eigenvalue weighted by atomic mass is 9.91. The van der Waals surface area contributed by atoms with E-state index in [9.17, 15) is 0 Å². The first-order valence-corrected chi connectivity index (χ1v) is 10.7. The third-order valence-corrected chi connectivity index (χ3v) is 5.42. The summed E-state index contributed by atoms with van der Waals surface area (Å²) in [5, 5.41) is 0. The predicted octanol–water partition coefficient (Wildman–Crippen LogP) is 7.46. The van der Waals surface area contributed by atoms with Crippen LogP contribution in [0.4, 0.5) is 0 Å². The molecule has 1 unspecified atom stereocenters. The van der Waals surface area contributed by atoms with E-state index in [2.05, 4.69) is 92.4 Å². The van der Waals surface area contributed by atoms with E-state index < -0.39 is 0 Å². The van der Waals surface area contributed by atoms with Crippen molar-refractivity contribution >= 4 is 12.2 Å². The number of rotatable bonds is 10. The Morgan fingerprint density at radius 2 is 1.60 bits per heavy atom. The van der Waals surface area contributed by atoms with Crippen LogP contribution in [0.2, 0.25) is 0 Å². The molecule has 153 valence electrons.